The van der Waals surface area contributed by atoms with E-state index in [1.165, 1.54) is 19.2 Å². The molecule has 1 rings (SSSR count). The van der Waals surface area contributed by atoms with Crippen molar-refractivity contribution < 1.29 is 39.4 Å². The van der Waals surface area contributed by atoms with Crippen LogP contribution in [-0.4, -0.2) is 7.11 Å². The molecule has 6 heteroatoms. The van der Waals surface area contributed by atoms with E-state index in [1.54, 1.807) is 24.3 Å². The average molecular weight is 237 g/mol. The second-order valence-electron chi connectivity index (χ2n) is 2.75. The van der Waals surface area contributed by atoms with Crippen LogP contribution in [0.5, 0.6) is 5.75 Å². The van der Waals surface area contributed by atoms with Crippen molar-refractivity contribution in [1.82, 2.24) is 0 Å². The molecule has 0 unspecified atom stereocenters. The number of rotatable bonds is 3. The summed E-state index contributed by atoms with van der Waals surface area (Å²) in [5.41, 5.74) is -0.0797. The first-order chi connectivity index (χ1) is 7.72. The summed E-state index contributed by atoms with van der Waals surface area (Å²) in [7, 11) is 1.46. The number of nitrogens with one attached hydrogen (secondary N) is 1. The molecule has 0 saturated heterocycles. The number of hydrogen-bond donors (Lipinski definition) is 1. The third-order valence-corrected chi connectivity index (χ3v) is 1.81. The first-order valence-electron chi connectivity index (χ1n) is 4.34. The SMILES string of the molecule is COc1ccccc1NC([O-])=C(C#N)C#N.[Na+]. The smallest absolute Gasteiger partial charge is 0.859 e. The van der Waals surface area contributed by atoms with Crippen LogP contribution in [0.3, 0.4) is 0 Å². The van der Waals surface area contributed by atoms with Crippen LogP contribution in [0.1, 0.15) is 0 Å². The van der Waals surface area contributed by atoms with Gasteiger partial charge in [-0.25, -0.2) is 0 Å². The fourth-order valence-electron chi connectivity index (χ4n) is 1.06. The molecule has 0 aromatic heterocycles. The van der Waals surface area contributed by atoms with E-state index < -0.39 is 11.5 Å². The topological polar surface area (TPSA) is 91.9 Å². The van der Waals surface area contributed by atoms with Gasteiger partial charge >= 0.3 is 29.6 Å². The summed E-state index contributed by atoms with van der Waals surface area (Å²) in [6, 6.07) is 9.75. The fourth-order valence-corrected chi connectivity index (χ4v) is 1.06. The van der Waals surface area contributed by atoms with E-state index >= 15 is 0 Å². The Hall–Kier alpha value is -1.66. The van der Waals surface area contributed by atoms with Gasteiger partial charge in [0.05, 0.1) is 12.8 Å². The van der Waals surface area contributed by atoms with E-state index in [0.717, 1.165) is 0 Å². The maximum Gasteiger partial charge on any atom is 1.00 e. The normalized spacial score (nSPS) is 7.94. The van der Waals surface area contributed by atoms with Gasteiger partial charge in [0.1, 0.15) is 23.5 Å². The molecule has 0 bridgehead atoms. The zero-order valence-electron chi connectivity index (χ0n) is 9.52. The molecular formula is C11H8N3NaO2. The Morgan fingerprint density at radius 1 is 1.29 bits per heavy atom. The molecule has 1 aromatic carbocycles. The fraction of sp³-hybridized carbons (Fsp3) is 0.0909. The summed E-state index contributed by atoms with van der Waals surface area (Å²) in [5.74, 6) is -0.277. The minimum absolute atomic E-state index is 0. The molecule has 0 amide bonds. The van der Waals surface area contributed by atoms with Gasteiger partial charge < -0.3 is 15.2 Å². The van der Waals surface area contributed by atoms with Crippen molar-refractivity contribution in [3.63, 3.8) is 0 Å². The van der Waals surface area contributed by atoms with E-state index in [9.17, 15) is 5.11 Å². The van der Waals surface area contributed by atoms with Crippen molar-refractivity contribution in [2.75, 3.05) is 12.4 Å². The third-order valence-electron chi connectivity index (χ3n) is 1.81. The average Bonchev–Trinajstić information content (AvgIpc) is 2.31. The van der Waals surface area contributed by atoms with Crippen molar-refractivity contribution in [3.05, 3.63) is 35.7 Å². The van der Waals surface area contributed by atoms with Gasteiger partial charge in [-0.1, -0.05) is 12.1 Å². The summed E-state index contributed by atoms with van der Waals surface area (Å²) in [4.78, 5) is 0. The van der Waals surface area contributed by atoms with Crippen LogP contribution in [0.2, 0.25) is 0 Å². The molecule has 1 N–H and O–H groups in total. The predicted octanol–water partition coefficient (Wildman–Crippen LogP) is -2.27. The van der Waals surface area contributed by atoms with E-state index in [-0.39, 0.29) is 29.6 Å². The van der Waals surface area contributed by atoms with Crippen LogP contribution < -0.4 is 44.7 Å². The molecule has 0 heterocycles. The third kappa shape index (κ3) is 4.01. The van der Waals surface area contributed by atoms with Gasteiger partial charge in [-0.05, 0) is 18.0 Å². The second-order valence-corrected chi connectivity index (χ2v) is 2.75. The van der Waals surface area contributed by atoms with Crippen molar-refractivity contribution in [2.45, 2.75) is 0 Å². The monoisotopic (exact) mass is 237 g/mol. The van der Waals surface area contributed by atoms with E-state index in [2.05, 4.69) is 5.32 Å². The number of allylic oxidation sites excluding steroid dienone is 1. The Bertz CT molecular complexity index is 484. The van der Waals surface area contributed by atoms with Gasteiger partial charge in [0.15, 0.2) is 0 Å². The van der Waals surface area contributed by atoms with E-state index in [4.69, 9.17) is 15.3 Å². The zero-order valence-corrected chi connectivity index (χ0v) is 11.5. The van der Waals surface area contributed by atoms with E-state index in [0.29, 0.717) is 11.4 Å². The molecule has 5 nitrogen and oxygen atoms in total. The quantitative estimate of drug-likeness (QED) is 0.363. The number of nitriles is 2. The van der Waals surface area contributed by atoms with Gasteiger partial charge in [0.2, 0.25) is 0 Å². The van der Waals surface area contributed by atoms with Crippen LogP contribution in [-0.2, 0) is 0 Å². The second kappa shape index (κ2) is 7.59. The number of hydrogen-bond acceptors (Lipinski definition) is 5. The molecular weight excluding hydrogens is 229 g/mol. The molecule has 0 aliphatic rings. The van der Waals surface area contributed by atoms with Crippen LogP contribution in [0.15, 0.2) is 35.7 Å². The van der Waals surface area contributed by atoms with Gasteiger partial charge in [-0.2, -0.15) is 10.5 Å². The number of anilines is 1. The molecule has 0 radical (unpaired) electrons. The molecule has 1 aromatic rings. The number of benzene rings is 1. The summed E-state index contributed by atoms with van der Waals surface area (Å²) < 4.78 is 5.00. The molecule has 0 saturated carbocycles. The number of methoxy groups -OCH3 is 1. The van der Waals surface area contributed by atoms with Gasteiger partial charge in [0.25, 0.3) is 0 Å². The molecule has 0 fully saturated rings. The first kappa shape index (κ1) is 15.3. The van der Waals surface area contributed by atoms with Crippen molar-refractivity contribution in [2.24, 2.45) is 0 Å². The van der Waals surface area contributed by atoms with Crippen LogP contribution in [0.4, 0.5) is 5.69 Å². The summed E-state index contributed by atoms with van der Waals surface area (Å²) in [6.07, 6.45) is 0. The van der Waals surface area contributed by atoms with Gasteiger partial charge in [-0.15, -0.1) is 0 Å². The number of para-hydroxylation sites is 2. The van der Waals surface area contributed by atoms with Crippen molar-refractivity contribution in [3.8, 4) is 17.9 Å². The predicted molar refractivity (Wildman–Crippen MR) is 54.9 cm³/mol. The standard InChI is InChI=1S/C11H9N3O2.Na/c1-16-10-5-3-2-4-9(10)14-11(15)8(6-12)7-13;/h2-5,14-15H,1H3;/q;+1/p-1. The molecule has 0 aliphatic heterocycles. The Kier molecular flexibility index (Phi) is 6.85. The maximum atomic E-state index is 11.4. The molecule has 0 aliphatic carbocycles. The zero-order chi connectivity index (χ0) is 12.0. The van der Waals surface area contributed by atoms with E-state index in [1.807, 2.05) is 0 Å². The molecule has 80 valence electrons. The Labute approximate surface area is 121 Å². The minimum Gasteiger partial charge on any atom is -0.859 e. The molecule has 0 atom stereocenters. The van der Waals surface area contributed by atoms with Crippen LogP contribution >= 0.6 is 0 Å². The number of nitrogens with zero attached hydrogens (tertiary/aromatic N) is 2. The van der Waals surface area contributed by atoms with Gasteiger partial charge in [0, 0.05) is 0 Å². The summed E-state index contributed by atoms with van der Waals surface area (Å²) in [5, 5.41) is 30.8. The van der Waals surface area contributed by atoms with Crippen molar-refractivity contribution in [1.29, 1.82) is 10.5 Å². The summed E-state index contributed by atoms with van der Waals surface area (Å²) in [6.45, 7) is 0. The summed E-state index contributed by atoms with van der Waals surface area (Å²) >= 11 is 0. The van der Waals surface area contributed by atoms with Crippen molar-refractivity contribution >= 4 is 5.69 Å². The number of ether oxygens (including phenoxy) is 1. The maximum absolute atomic E-state index is 11.4. The minimum atomic E-state index is -0.741. The van der Waals surface area contributed by atoms with Crippen LogP contribution in [0.25, 0.3) is 0 Å². The van der Waals surface area contributed by atoms with Crippen LogP contribution in [0, 0.1) is 22.7 Å². The first-order valence-corrected chi connectivity index (χ1v) is 4.34. The Balaban J connectivity index is 0.00000256. The molecule has 17 heavy (non-hydrogen) atoms. The van der Waals surface area contributed by atoms with Gasteiger partial charge in [-0.3, -0.25) is 0 Å². The Morgan fingerprint density at radius 3 is 2.41 bits per heavy atom. The largest absolute Gasteiger partial charge is 1.00 e. The Morgan fingerprint density at radius 2 is 1.88 bits per heavy atom. The molecule has 0 spiro atoms.